The number of unbranched alkanes of at least 4 members (excludes halogenated alkanes) is 2. The molecule has 42 valence electrons. The monoisotopic (exact) mass is 102 g/mol. The minimum Gasteiger partial charge on any atom is -0.301 e. The highest BCUT2D eigenvalue weighted by atomic mass is 15.5. The van der Waals surface area contributed by atoms with Gasteiger partial charge in [0.1, 0.15) is 0 Å². The molecule has 0 aliphatic carbocycles. The van der Waals surface area contributed by atoms with E-state index in [-0.39, 0.29) is 0 Å². The van der Waals surface area contributed by atoms with Gasteiger partial charge in [-0.1, -0.05) is 13.3 Å². The van der Waals surface area contributed by atoms with E-state index in [1.807, 2.05) is 13.3 Å². The fourth-order valence-corrected chi connectivity index (χ4v) is 0.425. The molecule has 0 radical (unpaired) electrons. The SMILES string of the molecule is [13CH3]CCCC=[15N][13CH3]. The molecule has 1 nitrogen and oxygen atoms in total. The second kappa shape index (κ2) is 5.67. The highest BCUT2D eigenvalue weighted by Crippen LogP contribution is 1.88. The molecule has 0 saturated carbocycles. The van der Waals surface area contributed by atoms with Crippen molar-refractivity contribution in [2.75, 3.05) is 7.05 Å². The Morgan fingerprint density at radius 2 is 2.29 bits per heavy atom. The van der Waals surface area contributed by atoms with Crippen molar-refractivity contribution in [1.82, 2.24) is 0 Å². The van der Waals surface area contributed by atoms with Crippen molar-refractivity contribution in [3.8, 4) is 0 Å². The first-order chi connectivity index (χ1) is 3.41. The zero-order chi connectivity index (χ0) is 5.54. The zero-order valence-corrected chi connectivity index (χ0v) is 5.15. The molecule has 7 heavy (non-hydrogen) atoms. The van der Waals surface area contributed by atoms with E-state index in [2.05, 4.69) is 11.9 Å². The Kier molecular flexibility index (Phi) is 5.40. The molecule has 0 saturated heterocycles. The summed E-state index contributed by atoms with van der Waals surface area (Å²) < 4.78 is 0. The van der Waals surface area contributed by atoms with Crippen LogP contribution in [0.1, 0.15) is 26.2 Å². The first-order valence-corrected chi connectivity index (χ1v) is 2.82. The van der Waals surface area contributed by atoms with Gasteiger partial charge in [0.05, 0.1) is 0 Å². The van der Waals surface area contributed by atoms with E-state index in [9.17, 15) is 0 Å². The summed E-state index contributed by atoms with van der Waals surface area (Å²) in [5, 5.41) is 0. The van der Waals surface area contributed by atoms with Crippen molar-refractivity contribution in [1.29, 1.82) is 0 Å². The molecular weight excluding hydrogens is 89.1 g/mol. The van der Waals surface area contributed by atoms with E-state index in [0.29, 0.717) is 0 Å². The van der Waals surface area contributed by atoms with E-state index in [0.717, 1.165) is 6.42 Å². The standard InChI is InChI=1S/C6H13N/c1-3-4-5-6-7-2/h6H,3-5H2,1-2H3/i1+1,2+1,7+1. The summed E-state index contributed by atoms with van der Waals surface area (Å²) in [6, 6.07) is 0. The van der Waals surface area contributed by atoms with Gasteiger partial charge < -0.3 is 4.99 Å². The number of aliphatic imine (C=N–C) groups is 1. The summed E-state index contributed by atoms with van der Waals surface area (Å²) >= 11 is 0. The summed E-state index contributed by atoms with van der Waals surface area (Å²) in [6.45, 7) is 2.18. The Morgan fingerprint density at radius 3 is 2.71 bits per heavy atom. The normalized spacial score (nSPS) is 10.6. The third-order valence-corrected chi connectivity index (χ3v) is 0.869. The molecule has 1 heteroatoms. The van der Waals surface area contributed by atoms with Crippen molar-refractivity contribution in [3.63, 3.8) is 0 Å². The fraction of sp³-hybridized carbons (Fsp3) is 0.833. The minimum absolute atomic E-state index is 1.15. The second-order valence-corrected chi connectivity index (χ2v) is 1.58. The predicted octanol–water partition coefficient (Wildman–Crippen LogP) is 1.88. The van der Waals surface area contributed by atoms with E-state index >= 15 is 0 Å². The molecule has 0 heterocycles. The van der Waals surface area contributed by atoms with Gasteiger partial charge in [-0.2, -0.15) is 0 Å². The quantitative estimate of drug-likeness (QED) is 0.223. The lowest BCUT2D eigenvalue weighted by atomic mass is 10.3. The first kappa shape index (κ1) is 6.67. The number of rotatable bonds is 3. The molecule has 0 bridgehead atoms. The van der Waals surface area contributed by atoms with Crippen LogP contribution in [0.3, 0.4) is 0 Å². The molecule has 0 unspecified atom stereocenters. The van der Waals surface area contributed by atoms with Crippen molar-refractivity contribution in [3.05, 3.63) is 0 Å². The number of hydrogen-bond donors (Lipinski definition) is 0. The van der Waals surface area contributed by atoms with Crippen molar-refractivity contribution in [2.45, 2.75) is 26.2 Å². The van der Waals surface area contributed by atoms with Gasteiger partial charge in [-0.25, -0.2) is 0 Å². The van der Waals surface area contributed by atoms with Crippen molar-refractivity contribution >= 4 is 6.21 Å². The summed E-state index contributed by atoms with van der Waals surface area (Å²) in [6.07, 6.45) is 5.65. The second-order valence-electron chi connectivity index (χ2n) is 1.58. The van der Waals surface area contributed by atoms with Crippen LogP contribution in [0.15, 0.2) is 4.99 Å². The Hall–Kier alpha value is -0.330. The van der Waals surface area contributed by atoms with Gasteiger partial charge in [0, 0.05) is 7.05 Å². The van der Waals surface area contributed by atoms with Gasteiger partial charge in [-0.15, -0.1) is 0 Å². The van der Waals surface area contributed by atoms with Gasteiger partial charge in [-0.3, -0.25) is 0 Å². The molecular formula is C6H13N. The van der Waals surface area contributed by atoms with Crippen LogP contribution in [0, 0.1) is 0 Å². The lowest BCUT2D eigenvalue weighted by Crippen LogP contribution is -1.72. The molecule has 0 aromatic heterocycles. The predicted molar refractivity (Wildman–Crippen MR) is 33.9 cm³/mol. The van der Waals surface area contributed by atoms with Crippen LogP contribution < -0.4 is 0 Å². The van der Waals surface area contributed by atoms with E-state index < -0.39 is 0 Å². The van der Waals surface area contributed by atoms with Gasteiger partial charge in [0.2, 0.25) is 0 Å². The van der Waals surface area contributed by atoms with Gasteiger partial charge in [0.25, 0.3) is 0 Å². The number of nitrogens with zero attached hydrogens (tertiary/aromatic N) is 1. The van der Waals surface area contributed by atoms with E-state index in [4.69, 9.17) is 0 Å². The maximum absolute atomic E-state index is 3.85. The maximum atomic E-state index is 3.85. The molecule has 0 rings (SSSR count). The molecule has 0 aromatic carbocycles. The molecule has 0 N–H and O–H groups in total. The molecule has 0 aromatic rings. The molecule has 0 aliphatic rings. The summed E-state index contributed by atoms with van der Waals surface area (Å²) in [4.78, 5) is 3.85. The third-order valence-electron chi connectivity index (χ3n) is 0.869. The smallest absolute Gasteiger partial charge is 0.0273 e. The third kappa shape index (κ3) is 5.67. The van der Waals surface area contributed by atoms with Crippen molar-refractivity contribution in [2.24, 2.45) is 4.99 Å². The average Bonchev–Trinajstić information content (AvgIpc) is 1.69. The number of hydrogen-bond acceptors (Lipinski definition) is 1. The fourth-order valence-electron chi connectivity index (χ4n) is 0.425. The van der Waals surface area contributed by atoms with Crippen LogP contribution in [0.25, 0.3) is 0 Å². The average molecular weight is 102 g/mol. The van der Waals surface area contributed by atoms with Gasteiger partial charge >= 0.3 is 0 Å². The summed E-state index contributed by atoms with van der Waals surface area (Å²) in [7, 11) is 1.82. The van der Waals surface area contributed by atoms with Gasteiger partial charge in [-0.05, 0) is 19.1 Å². The maximum Gasteiger partial charge on any atom is 0.0273 e. The topological polar surface area (TPSA) is 12.4 Å². The van der Waals surface area contributed by atoms with Crippen LogP contribution in [0.4, 0.5) is 0 Å². The van der Waals surface area contributed by atoms with Crippen molar-refractivity contribution < 1.29 is 0 Å². The summed E-state index contributed by atoms with van der Waals surface area (Å²) in [5.41, 5.74) is 0. The van der Waals surface area contributed by atoms with Crippen LogP contribution in [-0.2, 0) is 0 Å². The van der Waals surface area contributed by atoms with Crippen LogP contribution in [0.5, 0.6) is 0 Å². The summed E-state index contributed by atoms with van der Waals surface area (Å²) in [5.74, 6) is 0. The largest absolute Gasteiger partial charge is 0.301 e. The molecule has 0 atom stereocenters. The molecule has 0 aliphatic heterocycles. The van der Waals surface area contributed by atoms with Gasteiger partial charge in [0.15, 0.2) is 0 Å². The van der Waals surface area contributed by atoms with Crippen LogP contribution >= 0.6 is 0 Å². The Labute approximate surface area is 45.5 Å². The van der Waals surface area contributed by atoms with E-state index in [1.165, 1.54) is 12.8 Å². The Morgan fingerprint density at radius 1 is 1.57 bits per heavy atom. The molecule has 0 spiro atoms. The molecule has 0 fully saturated rings. The van der Waals surface area contributed by atoms with E-state index in [1.54, 1.807) is 0 Å². The Bertz CT molecular complexity index is 48.1. The highest BCUT2D eigenvalue weighted by molar-refractivity contribution is 5.56. The minimum atomic E-state index is 1.15. The lowest BCUT2D eigenvalue weighted by molar-refractivity contribution is 0.842. The zero-order valence-electron chi connectivity index (χ0n) is 5.15. The first-order valence-electron chi connectivity index (χ1n) is 2.82. The molecule has 0 amide bonds. The van der Waals surface area contributed by atoms with Crippen LogP contribution in [0.2, 0.25) is 0 Å². The highest BCUT2D eigenvalue weighted by Gasteiger charge is 1.74. The Balaban J connectivity index is 2.69. The lowest BCUT2D eigenvalue weighted by Gasteiger charge is -1.83. The van der Waals surface area contributed by atoms with Crippen LogP contribution in [-0.4, -0.2) is 13.3 Å².